The lowest BCUT2D eigenvalue weighted by molar-refractivity contribution is 0.0954. The Hall–Kier alpha value is -3.41. The monoisotopic (exact) mass is 417 g/mol. The van der Waals surface area contributed by atoms with E-state index in [0.717, 1.165) is 31.2 Å². The third kappa shape index (κ3) is 5.02. The number of carbonyl (C=O) groups is 1. The van der Waals surface area contributed by atoms with E-state index in [1.807, 2.05) is 30.3 Å². The standard InChI is InChI=1S/C25H27N3O3/c29-23(26-15-13-18-7-3-1-4-8-18)20-11-12-21-22(17-20)27-25(31)28(24(21)30)16-14-19-9-5-2-6-10-19/h1,3-4,7-9,11-12,17H,2,5-6,10,13-16H2,(H,26,29)(H,27,31). The zero-order chi connectivity index (χ0) is 21.6. The van der Waals surface area contributed by atoms with Crippen molar-refractivity contribution in [1.29, 1.82) is 0 Å². The highest BCUT2D eigenvalue weighted by Crippen LogP contribution is 2.20. The van der Waals surface area contributed by atoms with Gasteiger partial charge in [-0.1, -0.05) is 42.0 Å². The van der Waals surface area contributed by atoms with Crippen LogP contribution < -0.4 is 16.6 Å². The quantitative estimate of drug-likeness (QED) is 0.577. The van der Waals surface area contributed by atoms with Gasteiger partial charge in [-0.15, -0.1) is 0 Å². The number of benzene rings is 2. The molecule has 1 amide bonds. The molecule has 1 heterocycles. The molecule has 0 saturated heterocycles. The van der Waals surface area contributed by atoms with Crippen molar-refractivity contribution >= 4 is 16.8 Å². The van der Waals surface area contributed by atoms with Gasteiger partial charge in [-0.3, -0.25) is 14.2 Å². The van der Waals surface area contributed by atoms with Gasteiger partial charge in [-0.25, -0.2) is 4.79 Å². The molecule has 0 bridgehead atoms. The van der Waals surface area contributed by atoms with E-state index < -0.39 is 5.69 Å². The number of carbonyl (C=O) groups excluding carboxylic acids is 1. The van der Waals surface area contributed by atoms with E-state index in [0.29, 0.717) is 29.6 Å². The molecule has 0 radical (unpaired) electrons. The van der Waals surface area contributed by atoms with Crippen molar-refractivity contribution in [2.24, 2.45) is 0 Å². The van der Waals surface area contributed by atoms with Gasteiger partial charge in [0.1, 0.15) is 0 Å². The van der Waals surface area contributed by atoms with Crippen molar-refractivity contribution in [3.63, 3.8) is 0 Å². The Bertz CT molecular complexity index is 1220. The first-order valence-corrected chi connectivity index (χ1v) is 10.9. The van der Waals surface area contributed by atoms with Gasteiger partial charge in [0.05, 0.1) is 10.9 Å². The number of aromatic nitrogens is 2. The van der Waals surface area contributed by atoms with Gasteiger partial charge in [-0.2, -0.15) is 0 Å². The predicted octanol–water partition coefficient (Wildman–Crippen LogP) is 3.55. The summed E-state index contributed by atoms with van der Waals surface area (Å²) in [5.74, 6) is -0.230. The lowest BCUT2D eigenvalue weighted by atomic mass is 9.97. The number of allylic oxidation sites excluding steroid dienone is 2. The van der Waals surface area contributed by atoms with Crippen molar-refractivity contribution < 1.29 is 4.79 Å². The van der Waals surface area contributed by atoms with Gasteiger partial charge in [0, 0.05) is 18.7 Å². The summed E-state index contributed by atoms with van der Waals surface area (Å²) in [5, 5.41) is 3.30. The predicted molar refractivity (Wildman–Crippen MR) is 122 cm³/mol. The number of amides is 1. The smallest absolute Gasteiger partial charge is 0.328 e. The molecular weight excluding hydrogens is 390 g/mol. The second kappa shape index (κ2) is 9.60. The van der Waals surface area contributed by atoms with Crippen molar-refractivity contribution in [3.8, 4) is 0 Å². The van der Waals surface area contributed by atoms with Gasteiger partial charge in [-0.05, 0) is 62.3 Å². The minimum Gasteiger partial charge on any atom is -0.352 e. The largest absolute Gasteiger partial charge is 0.352 e. The number of fused-ring (bicyclic) bond motifs is 1. The maximum absolute atomic E-state index is 12.9. The van der Waals surface area contributed by atoms with Gasteiger partial charge < -0.3 is 10.3 Å². The zero-order valence-electron chi connectivity index (χ0n) is 17.5. The summed E-state index contributed by atoms with van der Waals surface area (Å²) >= 11 is 0. The molecular formula is C25H27N3O3. The Morgan fingerprint density at radius 2 is 1.87 bits per heavy atom. The maximum atomic E-state index is 12.9. The van der Waals surface area contributed by atoms with Crippen molar-refractivity contribution in [2.45, 2.75) is 45.1 Å². The second-order valence-electron chi connectivity index (χ2n) is 8.00. The number of hydrogen-bond acceptors (Lipinski definition) is 3. The van der Waals surface area contributed by atoms with Crippen molar-refractivity contribution in [2.75, 3.05) is 6.54 Å². The molecule has 0 unspecified atom stereocenters. The molecule has 2 N–H and O–H groups in total. The minimum atomic E-state index is -0.435. The minimum absolute atomic E-state index is 0.230. The average Bonchev–Trinajstić information content (AvgIpc) is 2.80. The molecule has 6 heteroatoms. The van der Waals surface area contributed by atoms with Crippen molar-refractivity contribution in [1.82, 2.24) is 14.9 Å². The molecule has 6 nitrogen and oxygen atoms in total. The number of nitrogens with one attached hydrogen (secondary N) is 2. The highest BCUT2D eigenvalue weighted by Gasteiger charge is 2.12. The van der Waals surface area contributed by atoms with Gasteiger partial charge in [0.15, 0.2) is 0 Å². The van der Waals surface area contributed by atoms with Crippen LogP contribution in [0.1, 0.15) is 48.0 Å². The second-order valence-corrected chi connectivity index (χ2v) is 8.00. The molecule has 160 valence electrons. The lowest BCUT2D eigenvalue weighted by Gasteiger charge is -2.13. The highest BCUT2D eigenvalue weighted by atomic mass is 16.2. The molecule has 4 rings (SSSR count). The number of aromatic amines is 1. The van der Waals surface area contributed by atoms with E-state index in [9.17, 15) is 14.4 Å². The summed E-state index contributed by atoms with van der Waals surface area (Å²) in [4.78, 5) is 40.7. The molecule has 0 saturated carbocycles. The van der Waals surface area contributed by atoms with E-state index in [1.165, 1.54) is 23.0 Å². The first kappa shape index (κ1) is 20.8. The van der Waals surface area contributed by atoms with Crippen LogP contribution in [0.5, 0.6) is 0 Å². The first-order chi connectivity index (χ1) is 15.1. The van der Waals surface area contributed by atoms with Gasteiger partial charge in [0.25, 0.3) is 11.5 Å². The molecule has 0 atom stereocenters. The number of hydrogen-bond donors (Lipinski definition) is 2. The normalized spacial score (nSPS) is 13.7. The molecule has 1 aliphatic carbocycles. The van der Waals surface area contributed by atoms with Gasteiger partial charge >= 0.3 is 5.69 Å². The van der Waals surface area contributed by atoms with E-state index in [2.05, 4.69) is 16.4 Å². The third-order valence-corrected chi connectivity index (χ3v) is 5.83. The van der Waals surface area contributed by atoms with Crippen LogP contribution in [0.4, 0.5) is 0 Å². The molecule has 1 aliphatic rings. The summed E-state index contributed by atoms with van der Waals surface area (Å²) in [6, 6.07) is 14.8. The molecule has 0 fully saturated rings. The topological polar surface area (TPSA) is 84.0 Å². The van der Waals surface area contributed by atoms with Crippen molar-refractivity contribution in [3.05, 3.63) is 92.1 Å². The Kier molecular flexibility index (Phi) is 6.46. The molecule has 2 aromatic carbocycles. The lowest BCUT2D eigenvalue weighted by Crippen LogP contribution is -2.35. The van der Waals surface area contributed by atoms with Crippen LogP contribution in [0.2, 0.25) is 0 Å². The van der Waals surface area contributed by atoms with Crippen LogP contribution in [0, 0.1) is 0 Å². The molecule has 0 aliphatic heterocycles. The van der Waals surface area contributed by atoms with Crippen LogP contribution in [0.15, 0.2) is 69.8 Å². The van der Waals surface area contributed by atoms with Crippen LogP contribution in [-0.2, 0) is 13.0 Å². The fourth-order valence-corrected chi connectivity index (χ4v) is 4.05. The molecule has 0 spiro atoms. The number of H-pyrrole nitrogens is 1. The van der Waals surface area contributed by atoms with Crippen LogP contribution in [-0.4, -0.2) is 22.0 Å². The first-order valence-electron chi connectivity index (χ1n) is 10.9. The summed E-state index contributed by atoms with van der Waals surface area (Å²) in [6.45, 7) is 0.881. The van der Waals surface area contributed by atoms with Crippen LogP contribution in [0.25, 0.3) is 10.9 Å². The van der Waals surface area contributed by atoms with Crippen LogP contribution in [0.3, 0.4) is 0 Å². The molecule has 3 aromatic rings. The van der Waals surface area contributed by atoms with Gasteiger partial charge in [0.2, 0.25) is 0 Å². The summed E-state index contributed by atoms with van der Waals surface area (Å²) < 4.78 is 1.26. The fourth-order valence-electron chi connectivity index (χ4n) is 4.05. The summed E-state index contributed by atoms with van der Waals surface area (Å²) in [6.07, 6.45) is 8.19. The number of rotatable bonds is 7. The van der Waals surface area contributed by atoms with E-state index >= 15 is 0 Å². The highest BCUT2D eigenvalue weighted by molar-refractivity contribution is 5.97. The van der Waals surface area contributed by atoms with E-state index in [4.69, 9.17) is 0 Å². The Morgan fingerprint density at radius 3 is 2.65 bits per heavy atom. The summed E-state index contributed by atoms with van der Waals surface area (Å²) in [7, 11) is 0. The number of nitrogens with zero attached hydrogens (tertiary/aromatic N) is 1. The Morgan fingerprint density at radius 1 is 1.03 bits per heavy atom. The fraction of sp³-hybridized carbons (Fsp3) is 0.320. The van der Waals surface area contributed by atoms with Crippen LogP contribution >= 0.6 is 0 Å². The summed E-state index contributed by atoms with van der Waals surface area (Å²) in [5.41, 5.74) is 2.52. The van der Waals surface area contributed by atoms with E-state index in [1.54, 1.807) is 18.2 Å². The maximum Gasteiger partial charge on any atom is 0.328 e. The Labute approximate surface area is 180 Å². The average molecular weight is 418 g/mol. The zero-order valence-corrected chi connectivity index (χ0v) is 17.5. The molecule has 1 aromatic heterocycles. The molecule has 31 heavy (non-hydrogen) atoms. The third-order valence-electron chi connectivity index (χ3n) is 5.83. The van der Waals surface area contributed by atoms with E-state index in [-0.39, 0.29) is 11.5 Å². The SMILES string of the molecule is O=C(NCCc1ccccc1)c1ccc2c(=O)n(CCC3=CCCCC3)c(=O)[nH]c2c1. The Balaban J connectivity index is 1.47.